The summed E-state index contributed by atoms with van der Waals surface area (Å²) in [6, 6.07) is 12.6. The van der Waals surface area contributed by atoms with Gasteiger partial charge in [-0.2, -0.15) is 0 Å². The Bertz CT molecular complexity index is 799. The molecule has 1 atom stereocenters. The van der Waals surface area contributed by atoms with Gasteiger partial charge < -0.3 is 15.4 Å². The number of amides is 1. The van der Waals surface area contributed by atoms with Crippen molar-refractivity contribution in [3.63, 3.8) is 0 Å². The van der Waals surface area contributed by atoms with E-state index in [2.05, 4.69) is 48.7 Å². The number of rotatable bonds is 6. The maximum atomic E-state index is 12.4. The van der Waals surface area contributed by atoms with Crippen LogP contribution in [-0.4, -0.2) is 12.0 Å². The third-order valence-corrected chi connectivity index (χ3v) is 4.92. The van der Waals surface area contributed by atoms with E-state index in [1.807, 2.05) is 19.1 Å². The van der Waals surface area contributed by atoms with Crippen LogP contribution in [0.3, 0.4) is 0 Å². The molecule has 0 saturated carbocycles. The summed E-state index contributed by atoms with van der Waals surface area (Å²) in [6.07, 6.45) is -0.535. The van der Waals surface area contributed by atoms with Crippen LogP contribution in [0.1, 0.15) is 54.5 Å². The van der Waals surface area contributed by atoms with E-state index in [0.717, 1.165) is 30.0 Å². The highest BCUT2D eigenvalue weighted by Gasteiger charge is 2.17. The molecular formula is C22H28N2O2. The van der Waals surface area contributed by atoms with E-state index in [0.29, 0.717) is 12.5 Å². The Morgan fingerprint density at radius 1 is 1.12 bits per heavy atom. The number of fused-ring (bicyclic) bond motifs is 1. The van der Waals surface area contributed by atoms with Gasteiger partial charge in [0.1, 0.15) is 5.75 Å². The van der Waals surface area contributed by atoms with Crippen LogP contribution in [0.5, 0.6) is 5.75 Å². The fraction of sp³-hybridized carbons (Fsp3) is 0.409. The van der Waals surface area contributed by atoms with Crippen molar-refractivity contribution in [2.24, 2.45) is 0 Å². The van der Waals surface area contributed by atoms with Gasteiger partial charge in [0.2, 0.25) is 0 Å². The van der Waals surface area contributed by atoms with Crippen LogP contribution in [0, 0.1) is 6.92 Å². The number of aryl methyl sites for hydroxylation is 1. The van der Waals surface area contributed by atoms with Crippen molar-refractivity contribution in [2.45, 2.75) is 59.4 Å². The molecular weight excluding hydrogens is 324 g/mol. The van der Waals surface area contributed by atoms with Gasteiger partial charge in [0.05, 0.1) is 0 Å². The second-order valence-corrected chi connectivity index (χ2v) is 7.36. The van der Waals surface area contributed by atoms with E-state index in [9.17, 15) is 4.79 Å². The Hall–Kier alpha value is -2.33. The Kier molecular flexibility index (Phi) is 5.62. The number of carbonyl (C=O) groups excluding carboxylic acids is 1. The Balaban J connectivity index is 1.59. The minimum atomic E-state index is -0.535. The summed E-state index contributed by atoms with van der Waals surface area (Å²) in [5.74, 6) is 1.11. The maximum Gasteiger partial charge on any atom is 0.261 e. The van der Waals surface area contributed by atoms with Crippen LogP contribution in [0.2, 0.25) is 0 Å². The molecule has 4 nitrogen and oxygen atoms in total. The molecule has 0 bridgehead atoms. The molecule has 3 rings (SSSR count). The lowest BCUT2D eigenvalue weighted by Crippen LogP contribution is -2.36. The highest BCUT2D eigenvalue weighted by Crippen LogP contribution is 2.25. The number of carbonyl (C=O) groups is 1. The highest BCUT2D eigenvalue weighted by molar-refractivity contribution is 5.80. The first-order chi connectivity index (χ1) is 12.4. The average Bonchev–Trinajstić information content (AvgIpc) is 3.08. The Morgan fingerprint density at radius 2 is 1.88 bits per heavy atom. The van der Waals surface area contributed by atoms with Gasteiger partial charge in [0, 0.05) is 19.6 Å². The molecule has 0 radical (unpaired) electrons. The lowest BCUT2D eigenvalue weighted by atomic mass is 10.0. The first-order valence-corrected chi connectivity index (χ1v) is 9.30. The van der Waals surface area contributed by atoms with Crippen molar-refractivity contribution >= 4 is 5.91 Å². The van der Waals surface area contributed by atoms with E-state index >= 15 is 0 Å². The quantitative estimate of drug-likeness (QED) is 0.831. The Morgan fingerprint density at radius 3 is 2.65 bits per heavy atom. The SMILES string of the molecule is Cc1ccc(C(C)C)cc1OC(C)C(=O)NCc1ccc2c(c1)CNC2. The van der Waals surface area contributed by atoms with Crippen molar-refractivity contribution in [1.29, 1.82) is 0 Å². The predicted molar refractivity (Wildman–Crippen MR) is 104 cm³/mol. The second kappa shape index (κ2) is 7.92. The molecule has 2 aromatic carbocycles. The number of nitrogens with one attached hydrogen (secondary N) is 2. The molecule has 0 aliphatic carbocycles. The molecule has 4 heteroatoms. The summed E-state index contributed by atoms with van der Waals surface area (Å²) < 4.78 is 5.94. The van der Waals surface area contributed by atoms with E-state index in [1.54, 1.807) is 6.92 Å². The summed E-state index contributed by atoms with van der Waals surface area (Å²) in [7, 11) is 0. The number of ether oxygens (including phenoxy) is 1. The first kappa shape index (κ1) is 18.5. The largest absolute Gasteiger partial charge is 0.481 e. The van der Waals surface area contributed by atoms with Gasteiger partial charge in [-0.15, -0.1) is 0 Å². The van der Waals surface area contributed by atoms with Crippen LogP contribution >= 0.6 is 0 Å². The molecule has 1 unspecified atom stereocenters. The molecule has 0 aromatic heterocycles. The molecule has 1 aliphatic heterocycles. The van der Waals surface area contributed by atoms with Crippen LogP contribution < -0.4 is 15.4 Å². The van der Waals surface area contributed by atoms with Crippen molar-refractivity contribution in [3.8, 4) is 5.75 Å². The molecule has 2 aromatic rings. The highest BCUT2D eigenvalue weighted by atomic mass is 16.5. The van der Waals surface area contributed by atoms with Gasteiger partial charge in [-0.25, -0.2) is 0 Å². The molecule has 0 saturated heterocycles. The standard InChI is InChI=1S/C22H28N2O2/c1-14(2)18-7-5-15(3)21(10-18)26-16(4)22(25)24-11-17-6-8-19-12-23-13-20(19)9-17/h5-10,14,16,23H,11-13H2,1-4H3,(H,24,25). The van der Waals surface area contributed by atoms with E-state index in [4.69, 9.17) is 4.74 Å². The molecule has 0 spiro atoms. The van der Waals surface area contributed by atoms with Gasteiger partial charge >= 0.3 is 0 Å². The van der Waals surface area contributed by atoms with Crippen LogP contribution in [0.4, 0.5) is 0 Å². The lowest BCUT2D eigenvalue weighted by Gasteiger charge is -2.18. The van der Waals surface area contributed by atoms with Crippen LogP contribution in [0.25, 0.3) is 0 Å². The zero-order valence-corrected chi connectivity index (χ0v) is 16.1. The van der Waals surface area contributed by atoms with Crippen molar-refractivity contribution < 1.29 is 9.53 Å². The summed E-state index contributed by atoms with van der Waals surface area (Å²) in [5, 5.41) is 6.32. The monoisotopic (exact) mass is 352 g/mol. The van der Waals surface area contributed by atoms with Gasteiger partial charge in [-0.1, -0.05) is 44.2 Å². The fourth-order valence-corrected chi connectivity index (χ4v) is 3.14. The smallest absolute Gasteiger partial charge is 0.261 e. The van der Waals surface area contributed by atoms with Crippen LogP contribution in [-0.2, 0) is 24.4 Å². The molecule has 26 heavy (non-hydrogen) atoms. The summed E-state index contributed by atoms with van der Waals surface area (Å²) in [4.78, 5) is 12.4. The zero-order chi connectivity index (χ0) is 18.7. The van der Waals surface area contributed by atoms with E-state index < -0.39 is 6.10 Å². The first-order valence-electron chi connectivity index (χ1n) is 9.30. The predicted octanol–water partition coefficient (Wildman–Crippen LogP) is 3.81. The normalized spacial score (nSPS) is 14.2. The molecule has 0 fully saturated rings. The molecule has 138 valence electrons. The fourth-order valence-electron chi connectivity index (χ4n) is 3.14. The van der Waals surface area contributed by atoms with E-state index in [-0.39, 0.29) is 5.91 Å². The zero-order valence-electron chi connectivity index (χ0n) is 16.1. The molecule has 1 heterocycles. The average molecular weight is 352 g/mol. The summed E-state index contributed by atoms with van der Waals surface area (Å²) in [6.45, 7) is 10.5. The minimum absolute atomic E-state index is 0.0991. The van der Waals surface area contributed by atoms with Gasteiger partial charge in [0.25, 0.3) is 5.91 Å². The second-order valence-electron chi connectivity index (χ2n) is 7.36. The van der Waals surface area contributed by atoms with E-state index in [1.165, 1.54) is 16.7 Å². The topological polar surface area (TPSA) is 50.4 Å². The van der Waals surface area contributed by atoms with Crippen molar-refractivity contribution in [1.82, 2.24) is 10.6 Å². The summed E-state index contributed by atoms with van der Waals surface area (Å²) >= 11 is 0. The number of hydrogen-bond donors (Lipinski definition) is 2. The summed E-state index contributed by atoms with van der Waals surface area (Å²) in [5.41, 5.74) is 6.04. The minimum Gasteiger partial charge on any atom is -0.481 e. The lowest BCUT2D eigenvalue weighted by molar-refractivity contribution is -0.127. The van der Waals surface area contributed by atoms with Crippen LogP contribution in [0.15, 0.2) is 36.4 Å². The Labute approximate surface area is 156 Å². The maximum absolute atomic E-state index is 12.4. The molecule has 1 aliphatic rings. The molecule has 1 amide bonds. The van der Waals surface area contributed by atoms with Gasteiger partial charge in [-0.05, 0) is 53.6 Å². The third kappa shape index (κ3) is 4.25. The number of benzene rings is 2. The van der Waals surface area contributed by atoms with Crippen molar-refractivity contribution in [3.05, 3.63) is 64.2 Å². The van der Waals surface area contributed by atoms with Crippen molar-refractivity contribution in [2.75, 3.05) is 0 Å². The number of hydrogen-bond acceptors (Lipinski definition) is 3. The van der Waals surface area contributed by atoms with Gasteiger partial charge in [0.15, 0.2) is 6.10 Å². The van der Waals surface area contributed by atoms with Gasteiger partial charge in [-0.3, -0.25) is 4.79 Å². The third-order valence-electron chi connectivity index (χ3n) is 4.92. The molecule has 2 N–H and O–H groups in total.